The molecule has 2 N–H and O–H groups in total. The number of aliphatic hydroxyl groups is 2. The van der Waals surface area contributed by atoms with E-state index in [2.05, 4.69) is 10.8 Å². The molecule has 1 aromatic rings. The van der Waals surface area contributed by atoms with Crippen LogP contribution in [-0.4, -0.2) is 84.2 Å². The average molecular weight is 853 g/mol. The number of halogens is 14. The molecule has 7 nitrogen and oxygen atoms in total. The zero-order valence-corrected chi connectivity index (χ0v) is 29.8. The molecule has 0 amide bonds. The Labute approximate surface area is 309 Å². The Morgan fingerprint density at radius 1 is 0.804 bits per heavy atom. The van der Waals surface area contributed by atoms with E-state index in [4.69, 9.17) is 9.47 Å². The third-order valence-corrected chi connectivity index (χ3v) is 13.7. The molecule has 1 saturated heterocycles. The molecule has 1 aromatic carbocycles. The summed E-state index contributed by atoms with van der Waals surface area (Å²) < 4.78 is 234. The number of alkyl halides is 14. The van der Waals surface area contributed by atoms with Crippen LogP contribution in [0.4, 0.5) is 61.5 Å². The van der Waals surface area contributed by atoms with E-state index >= 15 is 8.78 Å². The summed E-state index contributed by atoms with van der Waals surface area (Å²) in [6.45, 7) is 5.07. The van der Waals surface area contributed by atoms with Crippen LogP contribution in [0.3, 0.4) is 0 Å². The standard InChI is InChI=1S/C34H34F14O7S/c1-17-14-53-27(54-15-17)11-8-23-24-20(7-10-26(23,49)16-27)22-9-12-28(50,29(35,36)32(41,42)43)25(22,2)13-21(24)18-3-5-19(6-4-18)55-56(51,52)34(47,48)31(39,40)30(37,38)33(44,45)46/h3-6,20-22,49-50H,1,7-16H2,2H3/t20?,21-,22?,25+,26-,28+/m1/s1. The third-order valence-electron chi connectivity index (χ3n) is 12.4. The monoisotopic (exact) mass is 852 g/mol. The molecule has 2 unspecified atom stereocenters. The van der Waals surface area contributed by atoms with E-state index in [1.54, 1.807) is 0 Å². The van der Waals surface area contributed by atoms with Gasteiger partial charge in [0.05, 0.1) is 18.8 Å². The van der Waals surface area contributed by atoms with E-state index in [-0.39, 0.29) is 57.3 Å². The lowest BCUT2D eigenvalue weighted by Gasteiger charge is -2.58. The van der Waals surface area contributed by atoms with Crippen LogP contribution in [0, 0.1) is 17.3 Å². The molecule has 1 aliphatic heterocycles. The highest BCUT2D eigenvalue weighted by atomic mass is 32.2. The van der Waals surface area contributed by atoms with Gasteiger partial charge in [0.1, 0.15) is 11.4 Å². The van der Waals surface area contributed by atoms with Crippen molar-refractivity contribution in [2.45, 2.75) is 117 Å². The number of ether oxygens (including phenoxy) is 2. The van der Waals surface area contributed by atoms with Gasteiger partial charge in [-0.15, -0.1) is 0 Å². The van der Waals surface area contributed by atoms with Crippen molar-refractivity contribution in [2.24, 2.45) is 17.3 Å². The number of rotatable bonds is 7. The van der Waals surface area contributed by atoms with Crippen LogP contribution < -0.4 is 4.18 Å². The van der Waals surface area contributed by atoms with Crippen LogP contribution in [0.5, 0.6) is 5.75 Å². The molecule has 3 saturated carbocycles. The number of allylic oxidation sites excluding steroid dienone is 1. The summed E-state index contributed by atoms with van der Waals surface area (Å²) in [4.78, 5) is 0. The SMILES string of the molecule is C=C1COC2(CCC3=C4C(CC[C@@]3(O)C2)C2CC[C@@](O)(C(F)(F)C(F)(F)F)[C@@]2(C)C[C@@H]4c2ccc(OS(=O)(=O)C(F)(F)C(F)(F)C(F)(F)C(F)(F)F)cc2)OC1. The molecule has 4 aliphatic carbocycles. The quantitative estimate of drug-likeness (QED) is 0.161. The Balaban J connectivity index is 1.41. The minimum Gasteiger partial charge on any atom is -0.385 e. The van der Waals surface area contributed by atoms with Crippen molar-refractivity contribution in [1.82, 2.24) is 0 Å². The van der Waals surface area contributed by atoms with Crippen LogP contribution in [0.2, 0.25) is 0 Å². The van der Waals surface area contributed by atoms with Gasteiger partial charge in [-0.3, -0.25) is 0 Å². The highest BCUT2D eigenvalue weighted by Gasteiger charge is 2.86. The molecule has 22 heteroatoms. The van der Waals surface area contributed by atoms with Gasteiger partial charge >= 0.3 is 45.5 Å². The third kappa shape index (κ3) is 5.90. The van der Waals surface area contributed by atoms with E-state index in [1.165, 1.54) is 0 Å². The summed E-state index contributed by atoms with van der Waals surface area (Å²) in [5.74, 6) is -26.4. The van der Waals surface area contributed by atoms with E-state index in [0.29, 0.717) is 28.9 Å². The van der Waals surface area contributed by atoms with Crippen LogP contribution in [0.15, 0.2) is 47.6 Å². The fourth-order valence-electron chi connectivity index (χ4n) is 9.57. The first-order chi connectivity index (χ1) is 25.2. The van der Waals surface area contributed by atoms with Gasteiger partial charge in [-0.1, -0.05) is 31.2 Å². The molecule has 1 spiro atoms. The van der Waals surface area contributed by atoms with Crippen molar-refractivity contribution in [2.75, 3.05) is 13.2 Å². The fraction of sp³-hybridized carbons (Fsp3) is 0.706. The smallest absolute Gasteiger partial charge is 0.385 e. The second-order valence-corrected chi connectivity index (χ2v) is 17.1. The molecule has 5 aliphatic rings. The summed E-state index contributed by atoms with van der Waals surface area (Å²) in [6.07, 6.45) is -15.4. The molecule has 0 bridgehead atoms. The van der Waals surface area contributed by atoms with Crippen LogP contribution in [-0.2, 0) is 19.6 Å². The average Bonchev–Trinajstić information content (AvgIpc) is 3.35. The Morgan fingerprint density at radius 3 is 1.91 bits per heavy atom. The van der Waals surface area contributed by atoms with E-state index in [1.807, 2.05) is 0 Å². The maximum Gasteiger partial charge on any atom is 0.460 e. The molecule has 316 valence electrons. The Morgan fingerprint density at radius 2 is 1.38 bits per heavy atom. The Kier molecular flexibility index (Phi) is 9.70. The molecule has 0 radical (unpaired) electrons. The summed E-state index contributed by atoms with van der Waals surface area (Å²) in [7, 11) is -7.34. The topological polar surface area (TPSA) is 102 Å². The number of benzene rings is 1. The van der Waals surface area contributed by atoms with Gasteiger partial charge in [-0.25, -0.2) is 0 Å². The fourth-order valence-corrected chi connectivity index (χ4v) is 10.5. The summed E-state index contributed by atoms with van der Waals surface area (Å²) >= 11 is 0. The van der Waals surface area contributed by atoms with Crippen molar-refractivity contribution < 1.29 is 93.8 Å². The largest absolute Gasteiger partial charge is 0.460 e. The zero-order valence-electron chi connectivity index (χ0n) is 29.0. The number of hydrogen-bond donors (Lipinski definition) is 2. The van der Waals surface area contributed by atoms with Gasteiger partial charge < -0.3 is 23.9 Å². The number of fused-ring (bicyclic) bond motifs is 4. The van der Waals surface area contributed by atoms with E-state index in [0.717, 1.165) is 19.1 Å². The molecule has 56 heavy (non-hydrogen) atoms. The molecular weight excluding hydrogens is 818 g/mol. The summed E-state index contributed by atoms with van der Waals surface area (Å²) in [6, 6.07) is 2.70. The minimum atomic E-state index is -7.58. The summed E-state index contributed by atoms with van der Waals surface area (Å²) in [5.41, 5.74) is -6.25. The molecule has 1 heterocycles. The molecule has 4 fully saturated rings. The van der Waals surface area contributed by atoms with Gasteiger partial charge in [0.2, 0.25) is 0 Å². The van der Waals surface area contributed by atoms with Gasteiger partial charge in [0.15, 0.2) is 5.79 Å². The van der Waals surface area contributed by atoms with Crippen LogP contribution in [0.25, 0.3) is 0 Å². The second-order valence-electron chi connectivity index (χ2n) is 15.5. The lowest BCUT2D eigenvalue weighted by atomic mass is 9.49. The van der Waals surface area contributed by atoms with E-state index in [9.17, 15) is 71.3 Å². The summed E-state index contributed by atoms with van der Waals surface area (Å²) in [5, 5.41) is 16.4. The highest BCUT2D eigenvalue weighted by molar-refractivity contribution is 7.88. The molecule has 6 atom stereocenters. The van der Waals surface area contributed by atoms with Crippen molar-refractivity contribution >= 4 is 10.1 Å². The first-order valence-corrected chi connectivity index (χ1v) is 18.5. The Hall–Kier alpha value is -2.69. The predicted octanol–water partition coefficient (Wildman–Crippen LogP) is 8.57. The predicted molar refractivity (Wildman–Crippen MR) is 163 cm³/mol. The molecule has 6 rings (SSSR count). The van der Waals surface area contributed by atoms with Gasteiger partial charge in [0, 0.05) is 24.2 Å². The van der Waals surface area contributed by atoms with Crippen molar-refractivity contribution in [3.63, 3.8) is 0 Å². The maximum absolute atomic E-state index is 15.3. The zero-order chi connectivity index (χ0) is 42.1. The first kappa shape index (κ1) is 42.9. The van der Waals surface area contributed by atoms with Crippen LogP contribution in [0.1, 0.15) is 69.8 Å². The van der Waals surface area contributed by atoms with Crippen molar-refractivity contribution in [3.05, 3.63) is 53.1 Å². The normalized spacial score (nSPS) is 33.2. The Bertz CT molecular complexity index is 1880. The maximum atomic E-state index is 15.3. The van der Waals surface area contributed by atoms with E-state index < -0.39 is 104 Å². The number of hydrogen-bond acceptors (Lipinski definition) is 7. The van der Waals surface area contributed by atoms with Gasteiger partial charge in [-0.2, -0.15) is 69.9 Å². The van der Waals surface area contributed by atoms with Crippen LogP contribution >= 0.6 is 0 Å². The highest BCUT2D eigenvalue weighted by Crippen LogP contribution is 2.71. The molecule has 0 aromatic heterocycles. The van der Waals surface area contributed by atoms with Gasteiger partial charge in [-0.05, 0) is 79.2 Å². The van der Waals surface area contributed by atoms with Crippen molar-refractivity contribution in [3.8, 4) is 5.75 Å². The lowest BCUT2D eigenvalue weighted by molar-refractivity contribution is -0.382. The second kappa shape index (κ2) is 12.7. The van der Waals surface area contributed by atoms with Crippen molar-refractivity contribution in [1.29, 1.82) is 0 Å². The van der Waals surface area contributed by atoms with Gasteiger partial charge in [0.25, 0.3) is 0 Å². The molecular formula is C34H34F14O7S. The minimum absolute atomic E-state index is 0.00778. The first-order valence-electron chi connectivity index (χ1n) is 17.1. The lowest BCUT2D eigenvalue weighted by Crippen LogP contribution is -2.65.